The zero-order valence-electron chi connectivity index (χ0n) is 12.1. The number of nitrogens with one attached hydrogen (secondary N) is 1. The Balaban J connectivity index is 2.00. The molecule has 2 heterocycles. The maximum absolute atomic E-state index is 6.11. The number of methoxy groups -OCH3 is 1. The molecule has 108 valence electrons. The molecule has 0 bridgehead atoms. The van der Waals surface area contributed by atoms with E-state index in [4.69, 9.17) is 10.5 Å². The topological polar surface area (TPSA) is 80.1 Å². The Morgan fingerprint density at radius 2 is 2.37 bits per heavy atom. The number of nitrogens with two attached hydrogens (primary N) is 1. The Morgan fingerprint density at radius 3 is 3.11 bits per heavy atom. The molecule has 0 saturated carbocycles. The lowest BCUT2D eigenvalue weighted by molar-refractivity contribution is 0.159. The van der Waals surface area contributed by atoms with Crippen molar-refractivity contribution in [2.24, 2.45) is 11.7 Å². The number of nitrogens with zero attached hydrogens (tertiary/aromatic N) is 3. The Kier molecular flexibility index (Phi) is 4.76. The quantitative estimate of drug-likeness (QED) is 0.830. The lowest BCUT2D eigenvalue weighted by Gasteiger charge is -2.36. The van der Waals surface area contributed by atoms with Crippen LogP contribution < -0.4 is 10.6 Å². The van der Waals surface area contributed by atoms with Gasteiger partial charge in [-0.15, -0.1) is 5.10 Å². The number of aromatic amines is 1. The standard InChI is InChI=1S/C13H25N5O/c1-9(8-19-3)7-12-15-13(17-16-12)18-6-4-5-11(14)10(18)2/h9-11H,4-8,14H2,1-3H3,(H,15,16,17). The summed E-state index contributed by atoms with van der Waals surface area (Å²) in [5, 5.41) is 7.36. The molecule has 1 saturated heterocycles. The van der Waals surface area contributed by atoms with Crippen LogP contribution in [0.1, 0.15) is 32.5 Å². The van der Waals surface area contributed by atoms with E-state index in [1.54, 1.807) is 7.11 Å². The second-order valence-corrected chi connectivity index (χ2v) is 5.59. The van der Waals surface area contributed by atoms with E-state index in [1.807, 2.05) is 0 Å². The fourth-order valence-electron chi connectivity index (χ4n) is 2.63. The van der Waals surface area contributed by atoms with Crippen LogP contribution >= 0.6 is 0 Å². The molecule has 1 aliphatic heterocycles. The van der Waals surface area contributed by atoms with Crippen molar-refractivity contribution in [2.75, 3.05) is 25.2 Å². The molecule has 19 heavy (non-hydrogen) atoms. The van der Waals surface area contributed by atoms with E-state index in [1.165, 1.54) is 0 Å². The Hall–Kier alpha value is -1.14. The molecule has 6 nitrogen and oxygen atoms in total. The van der Waals surface area contributed by atoms with Crippen LogP contribution in [0.2, 0.25) is 0 Å². The molecule has 0 spiro atoms. The number of aromatic nitrogens is 3. The van der Waals surface area contributed by atoms with Crippen LogP contribution in [-0.4, -0.2) is 47.5 Å². The van der Waals surface area contributed by atoms with E-state index in [-0.39, 0.29) is 6.04 Å². The van der Waals surface area contributed by atoms with E-state index in [0.29, 0.717) is 12.0 Å². The maximum Gasteiger partial charge on any atom is 0.244 e. The highest BCUT2D eigenvalue weighted by Crippen LogP contribution is 2.21. The predicted octanol–water partition coefficient (Wildman–Crippen LogP) is 0.946. The summed E-state index contributed by atoms with van der Waals surface area (Å²) in [4.78, 5) is 6.79. The van der Waals surface area contributed by atoms with Gasteiger partial charge in [-0.3, -0.25) is 5.10 Å². The van der Waals surface area contributed by atoms with Crippen molar-refractivity contribution in [3.63, 3.8) is 0 Å². The van der Waals surface area contributed by atoms with Crippen molar-refractivity contribution in [1.82, 2.24) is 15.2 Å². The molecule has 1 aromatic rings. The number of hydrogen-bond donors (Lipinski definition) is 2. The number of rotatable bonds is 5. The molecule has 3 unspecified atom stereocenters. The molecule has 0 amide bonds. The second kappa shape index (κ2) is 6.34. The van der Waals surface area contributed by atoms with Crippen LogP contribution in [0.5, 0.6) is 0 Å². The number of hydrogen-bond acceptors (Lipinski definition) is 5. The summed E-state index contributed by atoms with van der Waals surface area (Å²) in [7, 11) is 1.72. The van der Waals surface area contributed by atoms with Crippen molar-refractivity contribution in [2.45, 2.75) is 45.2 Å². The van der Waals surface area contributed by atoms with Crippen molar-refractivity contribution in [3.05, 3.63) is 5.82 Å². The maximum atomic E-state index is 6.11. The lowest BCUT2D eigenvalue weighted by Crippen LogP contribution is -2.51. The van der Waals surface area contributed by atoms with Gasteiger partial charge in [-0.05, 0) is 25.7 Å². The third-order valence-corrected chi connectivity index (χ3v) is 3.82. The SMILES string of the molecule is COCC(C)Cc1nc(N2CCCC(N)C2C)n[nH]1. The van der Waals surface area contributed by atoms with Gasteiger partial charge in [0.25, 0.3) is 0 Å². The van der Waals surface area contributed by atoms with Gasteiger partial charge in [0, 0.05) is 38.8 Å². The lowest BCUT2D eigenvalue weighted by atomic mass is 9.99. The molecule has 6 heteroatoms. The first-order chi connectivity index (χ1) is 9.11. The van der Waals surface area contributed by atoms with Crippen LogP contribution in [0.4, 0.5) is 5.95 Å². The summed E-state index contributed by atoms with van der Waals surface area (Å²) in [6.07, 6.45) is 3.05. The Labute approximate surface area is 114 Å². The summed E-state index contributed by atoms with van der Waals surface area (Å²) in [5.74, 6) is 2.14. The summed E-state index contributed by atoms with van der Waals surface area (Å²) >= 11 is 0. The molecule has 0 aromatic carbocycles. The van der Waals surface area contributed by atoms with Gasteiger partial charge >= 0.3 is 0 Å². The van der Waals surface area contributed by atoms with E-state index >= 15 is 0 Å². The fourth-order valence-corrected chi connectivity index (χ4v) is 2.63. The molecule has 2 rings (SSSR count). The molecule has 1 aromatic heterocycles. The highest BCUT2D eigenvalue weighted by molar-refractivity contribution is 5.32. The average Bonchev–Trinajstić information content (AvgIpc) is 2.81. The van der Waals surface area contributed by atoms with Crippen molar-refractivity contribution >= 4 is 5.95 Å². The van der Waals surface area contributed by atoms with Crippen molar-refractivity contribution in [1.29, 1.82) is 0 Å². The zero-order valence-corrected chi connectivity index (χ0v) is 12.1. The minimum atomic E-state index is 0.211. The van der Waals surface area contributed by atoms with Gasteiger partial charge in [0.1, 0.15) is 5.82 Å². The van der Waals surface area contributed by atoms with Crippen LogP contribution in [-0.2, 0) is 11.2 Å². The number of piperidine rings is 1. The second-order valence-electron chi connectivity index (χ2n) is 5.59. The number of H-pyrrole nitrogens is 1. The average molecular weight is 267 g/mol. The molecule has 3 atom stereocenters. The Bertz CT molecular complexity index is 394. The van der Waals surface area contributed by atoms with Gasteiger partial charge in [-0.25, -0.2) is 0 Å². The summed E-state index contributed by atoms with van der Waals surface area (Å²) in [5.41, 5.74) is 6.11. The smallest absolute Gasteiger partial charge is 0.244 e. The van der Waals surface area contributed by atoms with Crippen molar-refractivity contribution in [3.8, 4) is 0 Å². The van der Waals surface area contributed by atoms with Gasteiger partial charge < -0.3 is 15.4 Å². The molecule has 0 aliphatic carbocycles. The molecular weight excluding hydrogens is 242 g/mol. The summed E-state index contributed by atoms with van der Waals surface area (Å²) < 4.78 is 5.14. The van der Waals surface area contributed by atoms with E-state index < -0.39 is 0 Å². The van der Waals surface area contributed by atoms with Crippen LogP contribution in [0.15, 0.2) is 0 Å². The zero-order chi connectivity index (χ0) is 13.8. The Morgan fingerprint density at radius 1 is 1.58 bits per heavy atom. The minimum absolute atomic E-state index is 0.211. The van der Waals surface area contributed by atoms with Crippen molar-refractivity contribution < 1.29 is 4.74 Å². The summed E-state index contributed by atoms with van der Waals surface area (Å²) in [6, 6.07) is 0.511. The first-order valence-corrected chi connectivity index (χ1v) is 7.04. The minimum Gasteiger partial charge on any atom is -0.384 e. The van der Waals surface area contributed by atoms with Crippen LogP contribution in [0.3, 0.4) is 0 Å². The van der Waals surface area contributed by atoms with E-state index in [0.717, 1.165) is 44.2 Å². The third-order valence-electron chi connectivity index (χ3n) is 3.82. The first kappa shape index (κ1) is 14.3. The van der Waals surface area contributed by atoms with E-state index in [9.17, 15) is 0 Å². The van der Waals surface area contributed by atoms with Crippen LogP contribution in [0, 0.1) is 5.92 Å². The first-order valence-electron chi connectivity index (χ1n) is 7.04. The predicted molar refractivity (Wildman–Crippen MR) is 75.1 cm³/mol. The molecule has 0 radical (unpaired) electrons. The number of ether oxygens (including phenoxy) is 1. The molecule has 1 fully saturated rings. The third kappa shape index (κ3) is 3.45. The van der Waals surface area contributed by atoms with Gasteiger partial charge in [-0.1, -0.05) is 6.92 Å². The largest absolute Gasteiger partial charge is 0.384 e. The fraction of sp³-hybridized carbons (Fsp3) is 0.846. The van der Waals surface area contributed by atoms with Gasteiger partial charge in [0.2, 0.25) is 5.95 Å². The summed E-state index contributed by atoms with van der Waals surface area (Å²) in [6.45, 7) is 6.01. The van der Waals surface area contributed by atoms with Gasteiger partial charge in [0.15, 0.2) is 0 Å². The van der Waals surface area contributed by atoms with Gasteiger partial charge in [0.05, 0.1) is 0 Å². The number of anilines is 1. The monoisotopic (exact) mass is 267 g/mol. The molecule has 1 aliphatic rings. The highest BCUT2D eigenvalue weighted by Gasteiger charge is 2.27. The molecule has 3 N–H and O–H groups in total. The highest BCUT2D eigenvalue weighted by atomic mass is 16.5. The van der Waals surface area contributed by atoms with Crippen LogP contribution in [0.25, 0.3) is 0 Å². The molecular formula is C13H25N5O. The van der Waals surface area contributed by atoms with Gasteiger partial charge in [-0.2, -0.15) is 4.98 Å². The normalized spacial score (nSPS) is 25.6. The van der Waals surface area contributed by atoms with E-state index in [2.05, 4.69) is 33.9 Å².